The first-order valence-corrected chi connectivity index (χ1v) is 10.8. The highest BCUT2D eigenvalue weighted by Crippen LogP contribution is 2.26. The monoisotopic (exact) mass is 405 g/mol. The standard InChI is InChI=1S/C19H31N7OS/c1-4-18-24-23-14-26(18)8-7-21-19(20-3)22-12-16(17-6-5-11-28-17)25-9-10-27-15(2)13-25/h5-6,11,14-16H,4,7-10,12-13H2,1-3H3,(H2,20,21,22). The number of thiophene rings is 1. The van der Waals surface area contributed by atoms with Gasteiger partial charge in [-0.25, -0.2) is 0 Å². The molecule has 1 aliphatic heterocycles. The first kappa shape index (κ1) is 20.8. The predicted octanol–water partition coefficient (Wildman–Crippen LogP) is 1.53. The summed E-state index contributed by atoms with van der Waals surface area (Å²) < 4.78 is 7.80. The summed E-state index contributed by atoms with van der Waals surface area (Å²) in [6.45, 7) is 9.30. The van der Waals surface area contributed by atoms with E-state index < -0.39 is 0 Å². The molecule has 0 amide bonds. The SMILES string of the molecule is CCc1nncn1CCNC(=NC)NCC(c1cccs1)N1CCOC(C)C1. The summed E-state index contributed by atoms with van der Waals surface area (Å²) in [5.41, 5.74) is 0. The minimum absolute atomic E-state index is 0.269. The zero-order valence-electron chi connectivity index (χ0n) is 17.0. The summed E-state index contributed by atoms with van der Waals surface area (Å²) in [6, 6.07) is 4.65. The van der Waals surface area contributed by atoms with Crippen molar-refractivity contribution in [3.63, 3.8) is 0 Å². The molecule has 2 N–H and O–H groups in total. The van der Waals surface area contributed by atoms with Gasteiger partial charge in [0.25, 0.3) is 0 Å². The third kappa shape index (κ3) is 5.52. The lowest BCUT2D eigenvalue weighted by molar-refractivity contribution is -0.0334. The van der Waals surface area contributed by atoms with E-state index in [1.54, 1.807) is 17.7 Å². The number of morpholine rings is 1. The maximum atomic E-state index is 5.72. The van der Waals surface area contributed by atoms with E-state index >= 15 is 0 Å². The van der Waals surface area contributed by atoms with E-state index in [1.807, 2.05) is 7.05 Å². The molecule has 2 atom stereocenters. The van der Waals surface area contributed by atoms with Crippen LogP contribution >= 0.6 is 11.3 Å². The molecule has 3 rings (SSSR count). The van der Waals surface area contributed by atoms with Crippen LogP contribution in [0.1, 0.15) is 30.6 Å². The van der Waals surface area contributed by atoms with Gasteiger partial charge < -0.3 is 19.9 Å². The Morgan fingerprint density at radius 2 is 2.36 bits per heavy atom. The number of guanidine groups is 1. The molecule has 1 fully saturated rings. The number of ether oxygens (including phenoxy) is 1. The minimum Gasteiger partial charge on any atom is -0.376 e. The van der Waals surface area contributed by atoms with Gasteiger partial charge in [0, 0.05) is 51.1 Å². The van der Waals surface area contributed by atoms with Crippen LogP contribution in [0, 0.1) is 0 Å². The Labute approximate surface area is 171 Å². The first-order chi connectivity index (χ1) is 13.7. The maximum Gasteiger partial charge on any atom is 0.191 e. The Hall–Kier alpha value is -1.97. The van der Waals surface area contributed by atoms with Crippen LogP contribution in [0.3, 0.4) is 0 Å². The van der Waals surface area contributed by atoms with Crippen LogP contribution in [-0.2, 0) is 17.7 Å². The summed E-state index contributed by atoms with van der Waals surface area (Å²) in [5, 5.41) is 17.1. The number of nitrogens with one attached hydrogen (secondary N) is 2. The molecule has 2 unspecified atom stereocenters. The normalized spacial score (nSPS) is 19.5. The third-order valence-corrected chi connectivity index (χ3v) is 5.90. The second-order valence-electron chi connectivity index (χ2n) is 6.88. The molecule has 0 aliphatic carbocycles. The van der Waals surface area contributed by atoms with Gasteiger partial charge in [-0.2, -0.15) is 0 Å². The molecule has 8 nitrogen and oxygen atoms in total. The van der Waals surface area contributed by atoms with Crippen LogP contribution in [0.25, 0.3) is 0 Å². The fourth-order valence-electron chi connectivity index (χ4n) is 3.47. The second-order valence-corrected chi connectivity index (χ2v) is 7.86. The average molecular weight is 406 g/mol. The van der Waals surface area contributed by atoms with Crippen LogP contribution in [0.2, 0.25) is 0 Å². The topological polar surface area (TPSA) is 79.6 Å². The van der Waals surface area contributed by atoms with Gasteiger partial charge in [-0.05, 0) is 18.4 Å². The largest absolute Gasteiger partial charge is 0.376 e. The van der Waals surface area contributed by atoms with Crippen LogP contribution in [0.5, 0.6) is 0 Å². The van der Waals surface area contributed by atoms with Gasteiger partial charge >= 0.3 is 0 Å². The fourth-order valence-corrected chi connectivity index (χ4v) is 4.33. The number of aromatic nitrogens is 3. The lowest BCUT2D eigenvalue weighted by Crippen LogP contribution is -2.48. The molecule has 3 heterocycles. The molecule has 1 saturated heterocycles. The highest BCUT2D eigenvalue weighted by molar-refractivity contribution is 7.10. The van der Waals surface area contributed by atoms with Crippen molar-refractivity contribution < 1.29 is 4.74 Å². The Kier molecular flexibility index (Phi) is 7.81. The van der Waals surface area contributed by atoms with E-state index in [4.69, 9.17) is 4.74 Å². The van der Waals surface area contributed by atoms with Crippen LogP contribution < -0.4 is 10.6 Å². The molecule has 0 bridgehead atoms. The summed E-state index contributed by atoms with van der Waals surface area (Å²) in [7, 11) is 1.81. The molecule has 28 heavy (non-hydrogen) atoms. The summed E-state index contributed by atoms with van der Waals surface area (Å²) in [5.74, 6) is 1.82. The number of hydrogen-bond acceptors (Lipinski definition) is 6. The Bertz CT molecular complexity index is 730. The van der Waals surface area contributed by atoms with E-state index in [9.17, 15) is 0 Å². The van der Waals surface area contributed by atoms with Gasteiger partial charge in [-0.1, -0.05) is 13.0 Å². The average Bonchev–Trinajstić information content (AvgIpc) is 3.39. The van der Waals surface area contributed by atoms with Crippen molar-refractivity contribution in [3.8, 4) is 0 Å². The van der Waals surface area contributed by atoms with Gasteiger partial charge in [-0.3, -0.25) is 9.89 Å². The predicted molar refractivity (Wildman–Crippen MR) is 113 cm³/mol. The van der Waals surface area contributed by atoms with E-state index in [-0.39, 0.29) is 6.10 Å². The molecule has 2 aromatic heterocycles. The molecular formula is C19H31N7OS. The van der Waals surface area contributed by atoms with Crippen LogP contribution in [-0.4, -0.2) is 71.6 Å². The van der Waals surface area contributed by atoms with Gasteiger partial charge in [-0.15, -0.1) is 21.5 Å². The highest BCUT2D eigenvalue weighted by Gasteiger charge is 2.26. The number of aryl methyl sites for hydroxylation is 1. The van der Waals surface area contributed by atoms with Gasteiger partial charge in [0.1, 0.15) is 12.2 Å². The van der Waals surface area contributed by atoms with E-state index in [0.29, 0.717) is 6.04 Å². The van der Waals surface area contributed by atoms with Crippen LogP contribution in [0.15, 0.2) is 28.8 Å². The van der Waals surface area contributed by atoms with E-state index in [0.717, 1.165) is 57.5 Å². The molecule has 0 aromatic carbocycles. The third-order valence-electron chi connectivity index (χ3n) is 4.93. The minimum atomic E-state index is 0.269. The van der Waals surface area contributed by atoms with Crippen LogP contribution in [0.4, 0.5) is 0 Å². The molecule has 0 radical (unpaired) electrons. The molecule has 2 aromatic rings. The van der Waals surface area contributed by atoms with Gasteiger partial charge in [0.15, 0.2) is 5.96 Å². The molecule has 0 saturated carbocycles. The van der Waals surface area contributed by atoms with Crippen molar-refractivity contribution in [1.29, 1.82) is 0 Å². The quantitative estimate of drug-likeness (QED) is 0.512. The fraction of sp³-hybridized carbons (Fsp3) is 0.632. The Morgan fingerprint density at radius 3 is 3.07 bits per heavy atom. The second kappa shape index (κ2) is 10.5. The smallest absolute Gasteiger partial charge is 0.191 e. The Balaban J connectivity index is 1.53. The number of nitrogens with zero attached hydrogens (tertiary/aromatic N) is 5. The molecule has 9 heteroatoms. The summed E-state index contributed by atoms with van der Waals surface area (Å²) in [6.07, 6.45) is 2.93. The van der Waals surface area contributed by atoms with Gasteiger partial charge in [0.2, 0.25) is 0 Å². The molecule has 0 spiro atoms. The lowest BCUT2D eigenvalue weighted by Gasteiger charge is -2.37. The number of rotatable bonds is 8. The van der Waals surface area contributed by atoms with Crippen molar-refractivity contribution in [3.05, 3.63) is 34.5 Å². The lowest BCUT2D eigenvalue weighted by atomic mass is 10.1. The van der Waals surface area contributed by atoms with Crippen molar-refractivity contribution >= 4 is 17.3 Å². The maximum absolute atomic E-state index is 5.72. The van der Waals surface area contributed by atoms with Crippen molar-refractivity contribution in [2.75, 3.05) is 39.8 Å². The molecule has 154 valence electrons. The number of hydrogen-bond donors (Lipinski definition) is 2. The van der Waals surface area contributed by atoms with Crippen molar-refractivity contribution in [1.82, 2.24) is 30.3 Å². The summed E-state index contributed by atoms with van der Waals surface area (Å²) >= 11 is 1.81. The molecular weight excluding hydrogens is 374 g/mol. The van der Waals surface area contributed by atoms with E-state index in [2.05, 4.69) is 66.7 Å². The Morgan fingerprint density at radius 1 is 1.46 bits per heavy atom. The first-order valence-electron chi connectivity index (χ1n) is 9.91. The number of aliphatic imine (C=N–C) groups is 1. The van der Waals surface area contributed by atoms with E-state index in [1.165, 1.54) is 4.88 Å². The van der Waals surface area contributed by atoms with Gasteiger partial charge in [0.05, 0.1) is 18.8 Å². The summed E-state index contributed by atoms with van der Waals surface area (Å²) in [4.78, 5) is 8.25. The molecule has 1 aliphatic rings. The van der Waals surface area contributed by atoms with Crippen molar-refractivity contribution in [2.24, 2.45) is 4.99 Å². The zero-order valence-corrected chi connectivity index (χ0v) is 17.8. The zero-order chi connectivity index (χ0) is 19.8. The van der Waals surface area contributed by atoms with Crippen molar-refractivity contribution in [2.45, 2.75) is 39.0 Å². The highest BCUT2D eigenvalue weighted by atomic mass is 32.1.